The number of hydrogen-bond donors (Lipinski definition) is 1. The first-order valence-corrected chi connectivity index (χ1v) is 7.79. The summed E-state index contributed by atoms with van der Waals surface area (Å²) >= 11 is 0. The predicted octanol–water partition coefficient (Wildman–Crippen LogP) is 2.93. The van der Waals surface area contributed by atoms with Crippen molar-refractivity contribution in [1.82, 2.24) is 5.43 Å². The molecule has 0 aliphatic rings. The first-order chi connectivity index (χ1) is 12.0. The fourth-order valence-electron chi connectivity index (χ4n) is 2.20. The Kier molecular flexibility index (Phi) is 6.39. The monoisotopic (exact) mass is 342 g/mol. The number of carbonyl (C=O) groups is 1. The summed E-state index contributed by atoms with van der Waals surface area (Å²) in [5.74, 6) is 1.64. The molecule has 2 rings (SSSR count). The molecular formula is C19H22N2O4. The van der Waals surface area contributed by atoms with E-state index in [1.165, 1.54) is 0 Å². The molecule has 0 unspecified atom stereocenters. The Balaban J connectivity index is 1.98. The number of hydrogen-bond acceptors (Lipinski definition) is 5. The fourth-order valence-corrected chi connectivity index (χ4v) is 2.20. The van der Waals surface area contributed by atoms with Crippen LogP contribution < -0.4 is 19.6 Å². The Morgan fingerprint density at radius 3 is 2.52 bits per heavy atom. The lowest BCUT2D eigenvalue weighted by Gasteiger charge is -2.11. The van der Waals surface area contributed by atoms with E-state index in [2.05, 4.69) is 10.5 Å². The number of rotatable bonds is 7. The van der Waals surface area contributed by atoms with Crippen LogP contribution in [-0.2, 0) is 4.79 Å². The van der Waals surface area contributed by atoms with Gasteiger partial charge in [0.1, 0.15) is 17.2 Å². The molecule has 0 saturated carbocycles. The van der Waals surface area contributed by atoms with Gasteiger partial charge in [0.25, 0.3) is 5.91 Å². The van der Waals surface area contributed by atoms with Crippen LogP contribution in [-0.4, -0.2) is 32.4 Å². The summed E-state index contributed by atoms with van der Waals surface area (Å²) in [5.41, 5.74) is 4.84. The Labute approximate surface area is 147 Å². The second-order valence-electron chi connectivity index (χ2n) is 5.35. The van der Waals surface area contributed by atoms with Gasteiger partial charge in [-0.05, 0) is 37.6 Å². The number of nitrogens with one attached hydrogen (secondary N) is 1. The quantitative estimate of drug-likeness (QED) is 0.620. The zero-order valence-corrected chi connectivity index (χ0v) is 14.8. The average Bonchev–Trinajstić information content (AvgIpc) is 2.64. The molecule has 6 nitrogen and oxygen atoms in total. The zero-order chi connectivity index (χ0) is 18.2. The highest BCUT2D eigenvalue weighted by Crippen LogP contribution is 2.25. The van der Waals surface area contributed by atoms with Crippen molar-refractivity contribution in [3.8, 4) is 17.2 Å². The van der Waals surface area contributed by atoms with Crippen LogP contribution in [0.3, 0.4) is 0 Å². The number of methoxy groups -OCH3 is 2. The molecule has 6 heteroatoms. The number of para-hydroxylation sites is 1. The minimum absolute atomic E-state index is 0.110. The van der Waals surface area contributed by atoms with Crippen LogP contribution in [0.5, 0.6) is 17.2 Å². The minimum Gasteiger partial charge on any atom is -0.497 e. The summed E-state index contributed by atoms with van der Waals surface area (Å²) in [6.45, 7) is 3.60. The molecule has 0 spiro atoms. The van der Waals surface area contributed by atoms with Crippen molar-refractivity contribution in [2.24, 2.45) is 5.10 Å². The van der Waals surface area contributed by atoms with E-state index in [0.717, 1.165) is 11.1 Å². The number of ether oxygens (including phenoxy) is 3. The molecule has 0 aliphatic heterocycles. The number of carbonyl (C=O) groups excluding carboxylic acids is 1. The number of nitrogens with zero attached hydrogens (tertiary/aromatic N) is 1. The molecule has 0 fully saturated rings. The Bertz CT molecular complexity index is 772. The first kappa shape index (κ1) is 18.3. The van der Waals surface area contributed by atoms with Crippen molar-refractivity contribution in [2.75, 3.05) is 20.8 Å². The van der Waals surface area contributed by atoms with Crippen LogP contribution in [0.15, 0.2) is 47.6 Å². The molecular weight excluding hydrogens is 320 g/mol. The van der Waals surface area contributed by atoms with Gasteiger partial charge in [0, 0.05) is 11.6 Å². The van der Waals surface area contributed by atoms with Gasteiger partial charge >= 0.3 is 0 Å². The van der Waals surface area contributed by atoms with Gasteiger partial charge in [-0.1, -0.05) is 18.2 Å². The van der Waals surface area contributed by atoms with Crippen LogP contribution in [0.2, 0.25) is 0 Å². The van der Waals surface area contributed by atoms with Crippen LogP contribution >= 0.6 is 0 Å². The van der Waals surface area contributed by atoms with Crippen molar-refractivity contribution >= 4 is 11.6 Å². The van der Waals surface area contributed by atoms with Gasteiger partial charge in [0.15, 0.2) is 6.61 Å². The molecule has 2 aromatic carbocycles. The molecule has 0 aliphatic carbocycles. The molecule has 0 saturated heterocycles. The SMILES string of the molecule is COc1ccc(C(C)=NNC(=O)COc2ccccc2C)c(OC)c1. The summed E-state index contributed by atoms with van der Waals surface area (Å²) in [7, 11) is 3.16. The molecule has 0 radical (unpaired) electrons. The summed E-state index contributed by atoms with van der Waals surface area (Å²) in [5, 5.41) is 4.11. The predicted molar refractivity (Wildman–Crippen MR) is 96.6 cm³/mol. The van der Waals surface area contributed by atoms with E-state index in [1.807, 2.05) is 37.3 Å². The molecule has 2 aromatic rings. The second-order valence-corrected chi connectivity index (χ2v) is 5.35. The molecule has 0 aromatic heterocycles. The van der Waals surface area contributed by atoms with Crippen molar-refractivity contribution in [3.63, 3.8) is 0 Å². The smallest absolute Gasteiger partial charge is 0.277 e. The minimum atomic E-state index is -0.338. The Morgan fingerprint density at radius 2 is 1.84 bits per heavy atom. The molecule has 25 heavy (non-hydrogen) atoms. The van der Waals surface area contributed by atoms with Gasteiger partial charge in [-0.15, -0.1) is 0 Å². The second kappa shape index (κ2) is 8.73. The highest BCUT2D eigenvalue weighted by atomic mass is 16.5. The highest BCUT2D eigenvalue weighted by Gasteiger charge is 2.09. The molecule has 0 atom stereocenters. The van der Waals surface area contributed by atoms with E-state index in [0.29, 0.717) is 23.0 Å². The van der Waals surface area contributed by atoms with Gasteiger partial charge < -0.3 is 14.2 Å². The lowest BCUT2D eigenvalue weighted by Crippen LogP contribution is -2.25. The van der Waals surface area contributed by atoms with E-state index < -0.39 is 0 Å². The van der Waals surface area contributed by atoms with Gasteiger partial charge in [-0.25, -0.2) is 5.43 Å². The summed E-state index contributed by atoms with van der Waals surface area (Å²) in [6, 6.07) is 12.9. The van der Waals surface area contributed by atoms with E-state index in [1.54, 1.807) is 33.3 Å². The Hall–Kier alpha value is -3.02. The maximum Gasteiger partial charge on any atom is 0.277 e. The van der Waals surface area contributed by atoms with Crippen molar-refractivity contribution < 1.29 is 19.0 Å². The van der Waals surface area contributed by atoms with Crippen molar-refractivity contribution in [3.05, 3.63) is 53.6 Å². The fraction of sp³-hybridized carbons (Fsp3) is 0.263. The molecule has 0 bridgehead atoms. The number of amides is 1. The summed E-state index contributed by atoms with van der Waals surface area (Å²) < 4.78 is 16.0. The lowest BCUT2D eigenvalue weighted by atomic mass is 10.1. The molecule has 1 N–H and O–H groups in total. The van der Waals surface area contributed by atoms with E-state index in [4.69, 9.17) is 14.2 Å². The summed E-state index contributed by atoms with van der Waals surface area (Å²) in [6.07, 6.45) is 0. The van der Waals surface area contributed by atoms with Crippen LogP contribution in [0.1, 0.15) is 18.1 Å². The summed E-state index contributed by atoms with van der Waals surface area (Å²) in [4.78, 5) is 11.9. The van der Waals surface area contributed by atoms with E-state index >= 15 is 0 Å². The molecule has 0 heterocycles. The largest absolute Gasteiger partial charge is 0.497 e. The van der Waals surface area contributed by atoms with Crippen molar-refractivity contribution in [2.45, 2.75) is 13.8 Å². The van der Waals surface area contributed by atoms with Crippen LogP contribution in [0, 0.1) is 6.92 Å². The normalized spacial score (nSPS) is 11.0. The maximum atomic E-state index is 11.9. The third-order valence-electron chi connectivity index (χ3n) is 3.60. The van der Waals surface area contributed by atoms with Crippen molar-refractivity contribution in [1.29, 1.82) is 0 Å². The highest BCUT2D eigenvalue weighted by molar-refractivity contribution is 6.01. The Morgan fingerprint density at radius 1 is 1.08 bits per heavy atom. The average molecular weight is 342 g/mol. The standard InChI is InChI=1S/C19H22N2O4/c1-13-7-5-6-8-17(13)25-12-19(22)21-20-14(2)16-10-9-15(23-3)11-18(16)24-4/h5-11H,12H2,1-4H3,(H,21,22). The van der Waals surface area contributed by atoms with Crippen LogP contribution in [0.25, 0.3) is 0 Å². The lowest BCUT2D eigenvalue weighted by molar-refractivity contribution is -0.123. The third-order valence-corrected chi connectivity index (χ3v) is 3.60. The first-order valence-electron chi connectivity index (χ1n) is 7.79. The number of hydrazone groups is 1. The zero-order valence-electron chi connectivity index (χ0n) is 14.8. The van der Waals surface area contributed by atoms with E-state index in [-0.39, 0.29) is 12.5 Å². The topological polar surface area (TPSA) is 69.2 Å². The van der Waals surface area contributed by atoms with Gasteiger partial charge in [-0.2, -0.15) is 5.10 Å². The van der Waals surface area contributed by atoms with Gasteiger partial charge in [-0.3, -0.25) is 4.79 Å². The number of benzene rings is 2. The van der Waals surface area contributed by atoms with Crippen LogP contribution in [0.4, 0.5) is 0 Å². The number of aryl methyl sites for hydroxylation is 1. The van der Waals surface area contributed by atoms with Gasteiger partial charge in [0.2, 0.25) is 0 Å². The van der Waals surface area contributed by atoms with Gasteiger partial charge in [0.05, 0.1) is 19.9 Å². The molecule has 132 valence electrons. The van der Waals surface area contributed by atoms with E-state index in [9.17, 15) is 4.79 Å². The molecule has 1 amide bonds. The third kappa shape index (κ3) is 4.97. The maximum absolute atomic E-state index is 11.9.